The Morgan fingerprint density at radius 1 is 1.11 bits per heavy atom. The molecular weight excluding hydrogens is 448 g/mol. The summed E-state index contributed by atoms with van der Waals surface area (Å²) in [6, 6.07) is 9.12. The van der Waals surface area contributed by atoms with E-state index in [1.54, 1.807) is 18.1 Å². The number of piperidine rings is 2. The van der Waals surface area contributed by atoms with Gasteiger partial charge in [-0.25, -0.2) is 4.98 Å². The fourth-order valence-electron chi connectivity index (χ4n) is 5.15. The molecule has 4 heterocycles. The number of ether oxygens (including phenoxy) is 2. The smallest absolute Gasteiger partial charge is 0.255 e. The summed E-state index contributed by atoms with van der Waals surface area (Å²) in [6.45, 7) is 2.73. The normalized spacial score (nSPS) is 22.7. The molecule has 0 saturated carbocycles. The van der Waals surface area contributed by atoms with Crippen LogP contribution < -0.4 is 14.8 Å². The van der Waals surface area contributed by atoms with E-state index in [1.165, 1.54) is 6.42 Å². The summed E-state index contributed by atoms with van der Waals surface area (Å²) in [5.74, 6) is 0.471. The van der Waals surface area contributed by atoms with Crippen LogP contribution in [0, 0.1) is 0 Å². The number of methoxy groups -OCH3 is 1. The Hall–Kier alpha value is -3.46. The highest BCUT2D eigenvalue weighted by Gasteiger charge is 2.39. The Kier molecular flexibility index (Phi) is 6.68. The largest absolute Gasteiger partial charge is 0.492 e. The highest BCUT2D eigenvalue weighted by atomic mass is 16.5. The number of nitrogens with one attached hydrogen (secondary N) is 1. The second-order valence-corrected chi connectivity index (χ2v) is 9.36. The third kappa shape index (κ3) is 5.00. The first-order valence-electron chi connectivity index (χ1n) is 12.1. The maximum Gasteiger partial charge on any atom is 0.255 e. The maximum absolute atomic E-state index is 12.9. The molecule has 3 aliphatic rings. The van der Waals surface area contributed by atoms with Crippen LogP contribution in [0.5, 0.6) is 11.6 Å². The molecule has 184 valence electrons. The molecule has 0 aliphatic carbocycles. The highest BCUT2D eigenvalue weighted by molar-refractivity contribution is 6.05. The predicted molar refractivity (Wildman–Crippen MR) is 127 cm³/mol. The average molecular weight is 479 g/mol. The van der Waals surface area contributed by atoms with E-state index in [-0.39, 0.29) is 18.2 Å². The minimum absolute atomic E-state index is 0.174. The summed E-state index contributed by atoms with van der Waals surface area (Å²) in [5.41, 5.74) is 2.58. The lowest BCUT2D eigenvalue weighted by Gasteiger charge is -2.35. The Labute approximate surface area is 204 Å². The van der Waals surface area contributed by atoms with E-state index in [9.17, 15) is 14.4 Å². The van der Waals surface area contributed by atoms with E-state index in [0.29, 0.717) is 37.1 Å². The second-order valence-electron chi connectivity index (χ2n) is 9.36. The van der Waals surface area contributed by atoms with Gasteiger partial charge in [0.15, 0.2) is 0 Å². The van der Waals surface area contributed by atoms with Crippen LogP contribution in [-0.2, 0) is 22.7 Å². The zero-order chi connectivity index (χ0) is 24.4. The molecule has 0 spiro atoms. The van der Waals surface area contributed by atoms with Crippen molar-refractivity contribution in [3.8, 4) is 11.6 Å². The number of carbonyl (C=O) groups is 3. The van der Waals surface area contributed by atoms with Crippen molar-refractivity contribution < 1.29 is 23.9 Å². The number of nitrogens with zero attached hydrogens (tertiary/aromatic N) is 3. The van der Waals surface area contributed by atoms with Gasteiger partial charge in [-0.05, 0) is 55.1 Å². The molecule has 2 saturated heterocycles. The van der Waals surface area contributed by atoms with Gasteiger partial charge in [0.25, 0.3) is 5.91 Å². The SMILES string of the molecule is COc1ccc(CN2CCCCC2COc2ccc3c(c2)CN(C2CCC(=O)NC2=O)C3=O)cn1. The van der Waals surface area contributed by atoms with Crippen molar-refractivity contribution in [1.82, 2.24) is 20.1 Å². The number of pyridine rings is 1. The molecule has 9 heteroatoms. The summed E-state index contributed by atoms with van der Waals surface area (Å²) in [5, 5.41) is 2.34. The average Bonchev–Trinajstić information content (AvgIpc) is 3.19. The van der Waals surface area contributed by atoms with Gasteiger partial charge in [0, 0.05) is 43.4 Å². The Morgan fingerprint density at radius 3 is 2.77 bits per heavy atom. The molecule has 35 heavy (non-hydrogen) atoms. The van der Waals surface area contributed by atoms with Gasteiger partial charge in [-0.3, -0.25) is 24.6 Å². The number of hydrogen-bond acceptors (Lipinski definition) is 7. The minimum Gasteiger partial charge on any atom is -0.492 e. The first kappa shape index (κ1) is 23.3. The molecule has 2 aromatic rings. The number of amides is 3. The molecule has 1 N–H and O–H groups in total. The van der Waals surface area contributed by atoms with E-state index in [2.05, 4.69) is 15.2 Å². The quantitative estimate of drug-likeness (QED) is 0.610. The van der Waals surface area contributed by atoms with E-state index in [1.807, 2.05) is 30.5 Å². The molecule has 2 fully saturated rings. The molecule has 3 aliphatic heterocycles. The summed E-state index contributed by atoms with van der Waals surface area (Å²) >= 11 is 0. The van der Waals surface area contributed by atoms with E-state index >= 15 is 0 Å². The van der Waals surface area contributed by atoms with Crippen LogP contribution in [-0.4, -0.2) is 64.9 Å². The fraction of sp³-hybridized carbons (Fsp3) is 0.462. The van der Waals surface area contributed by atoms with Gasteiger partial charge in [0.2, 0.25) is 17.7 Å². The van der Waals surface area contributed by atoms with Crippen LogP contribution in [0.3, 0.4) is 0 Å². The maximum atomic E-state index is 12.9. The van der Waals surface area contributed by atoms with E-state index in [0.717, 1.165) is 42.8 Å². The lowest BCUT2D eigenvalue weighted by atomic mass is 10.0. The van der Waals surface area contributed by atoms with Gasteiger partial charge in [-0.1, -0.05) is 12.5 Å². The van der Waals surface area contributed by atoms with Crippen LogP contribution in [0.1, 0.15) is 53.6 Å². The number of hydrogen-bond donors (Lipinski definition) is 1. The molecule has 3 amide bonds. The molecule has 1 aromatic carbocycles. The number of benzene rings is 1. The molecule has 0 bridgehead atoms. The van der Waals surface area contributed by atoms with Gasteiger partial charge < -0.3 is 14.4 Å². The topological polar surface area (TPSA) is 101 Å². The zero-order valence-electron chi connectivity index (χ0n) is 19.9. The number of likely N-dealkylation sites (tertiary alicyclic amines) is 1. The van der Waals surface area contributed by atoms with Crippen molar-refractivity contribution in [2.75, 3.05) is 20.3 Å². The summed E-state index contributed by atoms with van der Waals surface area (Å²) in [6.07, 6.45) is 5.86. The molecule has 1 aromatic heterocycles. The van der Waals surface area contributed by atoms with Gasteiger partial charge >= 0.3 is 0 Å². The van der Waals surface area contributed by atoms with Crippen molar-refractivity contribution in [3.05, 3.63) is 53.2 Å². The summed E-state index contributed by atoms with van der Waals surface area (Å²) in [4.78, 5) is 44.9. The molecule has 0 radical (unpaired) electrons. The second kappa shape index (κ2) is 10.0. The fourth-order valence-corrected chi connectivity index (χ4v) is 5.15. The number of carbonyl (C=O) groups excluding carboxylic acids is 3. The Morgan fingerprint density at radius 2 is 2.00 bits per heavy atom. The molecule has 2 atom stereocenters. The van der Waals surface area contributed by atoms with Crippen LogP contribution in [0.15, 0.2) is 36.5 Å². The lowest BCUT2D eigenvalue weighted by Crippen LogP contribution is -2.52. The zero-order valence-corrected chi connectivity index (χ0v) is 19.9. The molecule has 9 nitrogen and oxygen atoms in total. The molecular formula is C26H30N4O5. The first-order valence-corrected chi connectivity index (χ1v) is 12.1. The van der Waals surface area contributed by atoms with E-state index < -0.39 is 11.9 Å². The van der Waals surface area contributed by atoms with Crippen LogP contribution in [0.2, 0.25) is 0 Å². The van der Waals surface area contributed by atoms with Gasteiger partial charge in [-0.15, -0.1) is 0 Å². The summed E-state index contributed by atoms with van der Waals surface area (Å²) < 4.78 is 11.3. The van der Waals surface area contributed by atoms with Crippen LogP contribution in [0.25, 0.3) is 0 Å². The van der Waals surface area contributed by atoms with Gasteiger partial charge in [0.05, 0.1) is 7.11 Å². The number of imide groups is 1. The van der Waals surface area contributed by atoms with Gasteiger partial charge in [-0.2, -0.15) is 0 Å². The molecule has 5 rings (SSSR count). The van der Waals surface area contributed by atoms with E-state index in [4.69, 9.17) is 9.47 Å². The van der Waals surface area contributed by atoms with Crippen molar-refractivity contribution in [1.29, 1.82) is 0 Å². The Bertz CT molecular complexity index is 1120. The van der Waals surface area contributed by atoms with Crippen molar-refractivity contribution in [2.45, 2.75) is 57.3 Å². The highest BCUT2D eigenvalue weighted by Crippen LogP contribution is 2.30. The number of aromatic nitrogens is 1. The predicted octanol–water partition coefficient (Wildman–Crippen LogP) is 2.28. The minimum atomic E-state index is -0.611. The van der Waals surface area contributed by atoms with Crippen LogP contribution >= 0.6 is 0 Å². The Balaban J connectivity index is 1.21. The van der Waals surface area contributed by atoms with Crippen LogP contribution in [0.4, 0.5) is 0 Å². The number of fused-ring (bicyclic) bond motifs is 1. The van der Waals surface area contributed by atoms with Crippen molar-refractivity contribution in [3.63, 3.8) is 0 Å². The monoisotopic (exact) mass is 478 g/mol. The third-order valence-corrected chi connectivity index (χ3v) is 7.08. The van der Waals surface area contributed by atoms with Crippen molar-refractivity contribution in [2.24, 2.45) is 0 Å². The van der Waals surface area contributed by atoms with Crippen molar-refractivity contribution >= 4 is 17.7 Å². The third-order valence-electron chi connectivity index (χ3n) is 7.08. The first-order chi connectivity index (χ1) is 17.0. The van der Waals surface area contributed by atoms with Gasteiger partial charge in [0.1, 0.15) is 18.4 Å². The standard InChI is InChI=1S/C26H30N4O5/c1-34-24-10-5-17(13-27-24)14-29-11-3-2-4-19(29)16-35-20-6-7-21-18(12-20)15-30(26(21)33)22-8-9-23(31)28-25(22)32/h5-7,10,12-13,19,22H,2-4,8-9,11,14-16H2,1H3,(H,28,31,32). The summed E-state index contributed by atoms with van der Waals surface area (Å²) in [7, 11) is 1.61. The molecule has 2 unspecified atom stereocenters. The lowest BCUT2D eigenvalue weighted by molar-refractivity contribution is -0.136. The number of rotatable bonds is 7.